The van der Waals surface area contributed by atoms with Crippen LogP contribution in [0.4, 0.5) is 5.69 Å². The summed E-state index contributed by atoms with van der Waals surface area (Å²) in [5, 5.41) is 28.6. The van der Waals surface area contributed by atoms with Gasteiger partial charge in [0.05, 0.1) is 24.0 Å². The van der Waals surface area contributed by atoms with Crippen LogP contribution in [-0.2, 0) is 4.79 Å². The van der Waals surface area contributed by atoms with Crippen LogP contribution in [0.25, 0.3) is 17.5 Å². The lowest BCUT2D eigenvalue weighted by Gasteiger charge is -2.06. The van der Waals surface area contributed by atoms with Crippen LogP contribution >= 0.6 is 23.5 Å². The van der Waals surface area contributed by atoms with Crippen LogP contribution in [0, 0.1) is 17.0 Å². The SMILES string of the molecule is COc1cc(OC)cc(-c2nc(S/C(=C/c3ccc(Sc4ccc(C)cc4)c([N+](=O)[O-])c3)C(=O)O)n[nH]2)c1. The zero-order valence-electron chi connectivity index (χ0n) is 20.5. The van der Waals surface area contributed by atoms with E-state index in [0.717, 1.165) is 22.2 Å². The van der Waals surface area contributed by atoms with E-state index in [1.807, 2.05) is 31.2 Å². The number of methoxy groups -OCH3 is 2. The van der Waals surface area contributed by atoms with E-state index in [0.29, 0.717) is 33.3 Å². The quantitative estimate of drug-likeness (QED) is 0.103. The van der Waals surface area contributed by atoms with E-state index < -0.39 is 10.9 Å². The predicted octanol–water partition coefficient (Wildman–Crippen LogP) is 6.07. The first-order valence-electron chi connectivity index (χ1n) is 11.1. The van der Waals surface area contributed by atoms with Crippen molar-refractivity contribution in [1.29, 1.82) is 0 Å². The zero-order valence-corrected chi connectivity index (χ0v) is 22.1. The maximum atomic E-state index is 12.0. The Morgan fingerprint density at radius 3 is 2.34 bits per heavy atom. The first-order chi connectivity index (χ1) is 18.2. The van der Waals surface area contributed by atoms with Crippen LogP contribution in [0.3, 0.4) is 0 Å². The minimum atomic E-state index is -1.22. The molecule has 0 unspecified atom stereocenters. The molecule has 0 radical (unpaired) electrons. The van der Waals surface area contributed by atoms with Gasteiger partial charge in [0.1, 0.15) is 16.4 Å². The molecule has 12 heteroatoms. The van der Waals surface area contributed by atoms with Crippen molar-refractivity contribution in [3.63, 3.8) is 0 Å². The summed E-state index contributed by atoms with van der Waals surface area (Å²) in [6, 6.07) is 17.4. The minimum absolute atomic E-state index is 0.105. The Morgan fingerprint density at radius 1 is 1.05 bits per heavy atom. The van der Waals surface area contributed by atoms with E-state index in [-0.39, 0.29) is 15.7 Å². The summed E-state index contributed by atoms with van der Waals surface area (Å²) >= 11 is 2.09. The molecule has 0 amide bonds. The second-order valence-corrected chi connectivity index (χ2v) is 10.0. The molecule has 0 saturated carbocycles. The number of rotatable bonds is 10. The summed E-state index contributed by atoms with van der Waals surface area (Å²) in [4.78, 5) is 28.8. The first kappa shape index (κ1) is 26.8. The lowest BCUT2D eigenvalue weighted by atomic mass is 10.2. The number of carboxylic acid groups (broad SMARTS) is 1. The number of ether oxygens (including phenoxy) is 2. The standard InChI is InChI=1S/C26H22N4O6S2/c1-15-4-7-20(8-5-15)37-22-9-6-16(10-21(22)30(33)34)11-23(25(31)32)38-26-27-24(28-29-26)17-12-18(35-2)14-19(13-17)36-3/h4-14H,1-3H3,(H,31,32)(H,27,28,29)/b23-11+. The van der Waals surface area contributed by atoms with Gasteiger partial charge in [-0.05, 0) is 60.7 Å². The van der Waals surface area contributed by atoms with E-state index in [2.05, 4.69) is 15.2 Å². The first-order valence-corrected chi connectivity index (χ1v) is 12.7. The zero-order chi connectivity index (χ0) is 27.2. The maximum Gasteiger partial charge on any atom is 0.342 e. The number of nitrogens with zero attached hydrogens (tertiary/aromatic N) is 3. The van der Waals surface area contributed by atoms with Crippen LogP contribution in [0.5, 0.6) is 11.5 Å². The normalized spacial score (nSPS) is 11.3. The Kier molecular flexibility index (Phi) is 8.34. The topological polar surface area (TPSA) is 140 Å². The highest BCUT2D eigenvalue weighted by atomic mass is 32.2. The van der Waals surface area contributed by atoms with Gasteiger partial charge in [-0.25, -0.2) is 9.78 Å². The summed E-state index contributed by atoms with van der Waals surface area (Å²) in [5.41, 5.74) is 1.97. The molecule has 0 atom stereocenters. The number of aromatic nitrogens is 3. The molecular formula is C26H22N4O6S2. The van der Waals surface area contributed by atoms with Crippen molar-refractivity contribution >= 4 is 41.3 Å². The molecule has 0 aliphatic heterocycles. The average Bonchev–Trinajstić information content (AvgIpc) is 3.38. The summed E-state index contributed by atoms with van der Waals surface area (Å²) in [5.74, 6) is 0.288. The summed E-state index contributed by atoms with van der Waals surface area (Å²) in [7, 11) is 3.06. The molecule has 38 heavy (non-hydrogen) atoms. The fourth-order valence-corrected chi connectivity index (χ4v) is 4.94. The lowest BCUT2D eigenvalue weighted by Crippen LogP contribution is -1.98. The smallest absolute Gasteiger partial charge is 0.342 e. The molecule has 0 bridgehead atoms. The summed E-state index contributed by atoms with van der Waals surface area (Å²) < 4.78 is 10.6. The molecule has 3 aromatic carbocycles. The number of nitro benzene ring substituents is 1. The third-order valence-electron chi connectivity index (χ3n) is 5.23. The predicted molar refractivity (Wildman–Crippen MR) is 145 cm³/mol. The van der Waals surface area contributed by atoms with Gasteiger partial charge in [0.15, 0.2) is 5.82 Å². The highest BCUT2D eigenvalue weighted by molar-refractivity contribution is 8.04. The van der Waals surface area contributed by atoms with Gasteiger partial charge >= 0.3 is 5.97 Å². The summed E-state index contributed by atoms with van der Waals surface area (Å²) in [6.07, 6.45) is 1.35. The van der Waals surface area contributed by atoms with Crippen LogP contribution in [0.15, 0.2) is 80.5 Å². The van der Waals surface area contributed by atoms with Crippen LogP contribution < -0.4 is 9.47 Å². The van der Waals surface area contributed by atoms with Crippen molar-refractivity contribution < 1.29 is 24.3 Å². The minimum Gasteiger partial charge on any atom is -0.497 e. The largest absolute Gasteiger partial charge is 0.497 e. The van der Waals surface area contributed by atoms with Gasteiger partial charge in [-0.2, -0.15) is 0 Å². The average molecular weight is 551 g/mol. The van der Waals surface area contributed by atoms with E-state index >= 15 is 0 Å². The third kappa shape index (κ3) is 6.52. The number of aromatic amines is 1. The molecule has 194 valence electrons. The van der Waals surface area contributed by atoms with Gasteiger partial charge in [-0.1, -0.05) is 35.5 Å². The number of thioether (sulfide) groups is 1. The van der Waals surface area contributed by atoms with Crippen molar-refractivity contribution in [3.8, 4) is 22.9 Å². The Hall–Kier alpha value is -4.29. The number of carboxylic acids is 1. The van der Waals surface area contributed by atoms with Crippen molar-refractivity contribution in [2.45, 2.75) is 21.9 Å². The van der Waals surface area contributed by atoms with Crippen molar-refractivity contribution in [1.82, 2.24) is 15.2 Å². The molecule has 0 aliphatic rings. The van der Waals surface area contributed by atoms with Crippen LogP contribution in [0.1, 0.15) is 11.1 Å². The number of nitrogens with one attached hydrogen (secondary N) is 1. The lowest BCUT2D eigenvalue weighted by molar-refractivity contribution is -0.387. The van der Waals surface area contributed by atoms with Crippen LogP contribution in [-0.4, -0.2) is 45.4 Å². The van der Waals surface area contributed by atoms with Gasteiger partial charge in [-0.15, -0.1) is 5.10 Å². The molecular weight excluding hydrogens is 528 g/mol. The van der Waals surface area contributed by atoms with Gasteiger partial charge in [0.25, 0.3) is 5.69 Å². The van der Waals surface area contributed by atoms with Gasteiger partial charge in [0, 0.05) is 22.6 Å². The molecule has 0 spiro atoms. The number of aryl methyl sites for hydroxylation is 1. The van der Waals surface area contributed by atoms with E-state index in [1.54, 1.807) is 30.3 Å². The number of benzene rings is 3. The number of hydrogen-bond donors (Lipinski definition) is 2. The Bertz CT molecular complexity index is 1500. The second kappa shape index (κ2) is 11.8. The van der Waals surface area contributed by atoms with Gasteiger partial charge in [-0.3, -0.25) is 15.2 Å². The molecule has 0 fully saturated rings. The molecule has 10 nitrogen and oxygen atoms in total. The number of H-pyrrole nitrogens is 1. The number of hydrogen-bond acceptors (Lipinski definition) is 9. The number of aliphatic carboxylic acids is 1. The molecule has 0 saturated heterocycles. The van der Waals surface area contributed by atoms with E-state index in [1.165, 1.54) is 38.1 Å². The number of nitro groups is 1. The number of carbonyl (C=O) groups is 1. The molecule has 4 rings (SSSR count). The molecule has 1 heterocycles. The Balaban J connectivity index is 1.59. The fraction of sp³-hybridized carbons (Fsp3) is 0.115. The highest BCUT2D eigenvalue weighted by Crippen LogP contribution is 2.37. The van der Waals surface area contributed by atoms with Crippen molar-refractivity contribution in [2.24, 2.45) is 0 Å². The Labute approximate surface area is 226 Å². The van der Waals surface area contributed by atoms with Crippen molar-refractivity contribution in [2.75, 3.05) is 14.2 Å². The Morgan fingerprint density at radius 2 is 1.74 bits per heavy atom. The van der Waals surface area contributed by atoms with Crippen LogP contribution in [0.2, 0.25) is 0 Å². The highest BCUT2D eigenvalue weighted by Gasteiger charge is 2.19. The van der Waals surface area contributed by atoms with Gasteiger partial charge in [0.2, 0.25) is 5.16 Å². The molecule has 2 N–H and O–H groups in total. The molecule has 1 aromatic heterocycles. The monoisotopic (exact) mass is 550 g/mol. The van der Waals surface area contributed by atoms with Gasteiger partial charge < -0.3 is 14.6 Å². The maximum absolute atomic E-state index is 12.0. The fourth-order valence-electron chi connectivity index (χ4n) is 3.34. The molecule has 4 aromatic rings. The molecule has 0 aliphatic carbocycles. The summed E-state index contributed by atoms with van der Waals surface area (Å²) in [6.45, 7) is 1.96. The van der Waals surface area contributed by atoms with Crippen molar-refractivity contribution in [3.05, 3.63) is 86.8 Å². The van der Waals surface area contributed by atoms with E-state index in [9.17, 15) is 20.0 Å². The second-order valence-electron chi connectivity index (χ2n) is 7.88. The van der Waals surface area contributed by atoms with E-state index in [4.69, 9.17) is 9.47 Å². The third-order valence-corrected chi connectivity index (χ3v) is 7.18.